The number of anilines is 1. The van der Waals surface area contributed by atoms with E-state index < -0.39 is 17.6 Å². The fourth-order valence-corrected chi connectivity index (χ4v) is 4.18. The second-order valence-electron chi connectivity index (χ2n) is 7.73. The first-order valence-electron chi connectivity index (χ1n) is 10.8. The van der Waals surface area contributed by atoms with Gasteiger partial charge in [-0.3, -0.25) is 19.5 Å². The number of hydrogen-bond acceptors (Lipinski definition) is 4. The zero-order chi connectivity index (χ0) is 25.7. The smallest absolute Gasteiger partial charge is 0.325 e. The van der Waals surface area contributed by atoms with E-state index in [0.29, 0.717) is 16.3 Å². The molecule has 2 heterocycles. The van der Waals surface area contributed by atoms with E-state index in [0.717, 1.165) is 17.7 Å². The van der Waals surface area contributed by atoms with Crippen LogP contribution in [0.15, 0.2) is 91.0 Å². The number of alkyl halides is 3. The van der Waals surface area contributed by atoms with Gasteiger partial charge in [0.25, 0.3) is 5.91 Å². The monoisotopic (exact) mass is 510 g/mol. The minimum atomic E-state index is -4.47. The molecular weight excluding hydrogens is 489 g/mol. The number of thiophene rings is 1. The number of carbonyl (C=O) groups excluding carboxylic acids is 2. The molecule has 0 saturated heterocycles. The number of amides is 2. The van der Waals surface area contributed by atoms with Crippen molar-refractivity contribution in [3.63, 3.8) is 0 Å². The lowest BCUT2D eigenvalue weighted by atomic mass is 10.2. The molecule has 0 spiro atoms. The highest BCUT2D eigenvalue weighted by atomic mass is 32.1. The fraction of sp³-hybridized carbons (Fsp3) is 0.115. The summed E-state index contributed by atoms with van der Waals surface area (Å²) in [5.74, 6) is -0.711. The molecule has 4 rings (SSSR count). The summed E-state index contributed by atoms with van der Waals surface area (Å²) in [6, 6.07) is 17.1. The van der Waals surface area contributed by atoms with Crippen LogP contribution in [0.1, 0.15) is 15.2 Å². The molecule has 2 amide bonds. The molecule has 10 heteroatoms. The first kappa shape index (κ1) is 24.9. The van der Waals surface area contributed by atoms with Crippen molar-refractivity contribution < 1.29 is 22.8 Å². The second kappa shape index (κ2) is 10.6. The molecule has 0 fully saturated rings. The number of hydrogen-bond donors (Lipinski definition) is 1. The molecule has 0 aliphatic rings. The Morgan fingerprint density at radius 3 is 2.39 bits per heavy atom. The van der Waals surface area contributed by atoms with Gasteiger partial charge in [0.1, 0.15) is 6.54 Å². The number of imidazole rings is 1. The molecule has 0 saturated carbocycles. The van der Waals surface area contributed by atoms with Gasteiger partial charge in [0.2, 0.25) is 11.9 Å². The summed E-state index contributed by atoms with van der Waals surface area (Å²) in [5.41, 5.74) is 0.876. The highest BCUT2D eigenvalue weighted by molar-refractivity contribution is 7.12. The lowest BCUT2D eigenvalue weighted by Gasteiger charge is -2.20. The molecule has 0 aliphatic heterocycles. The minimum Gasteiger partial charge on any atom is -0.325 e. The van der Waals surface area contributed by atoms with E-state index in [1.807, 2.05) is 30.3 Å². The largest absolute Gasteiger partial charge is 0.416 e. The van der Waals surface area contributed by atoms with Crippen LogP contribution >= 0.6 is 11.3 Å². The highest BCUT2D eigenvalue weighted by Crippen LogP contribution is 2.31. The first-order chi connectivity index (χ1) is 17.3. The van der Waals surface area contributed by atoms with Crippen molar-refractivity contribution in [2.45, 2.75) is 6.18 Å². The van der Waals surface area contributed by atoms with Gasteiger partial charge in [-0.05, 0) is 35.7 Å². The lowest BCUT2D eigenvalue weighted by molar-refractivity contribution is -0.137. The lowest BCUT2D eigenvalue weighted by Crippen LogP contribution is -2.38. The van der Waals surface area contributed by atoms with Crippen LogP contribution in [-0.4, -0.2) is 39.4 Å². The summed E-state index contributed by atoms with van der Waals surface area (Å²) in [6.07, 6.45) is -1.31. The Morgan fingerprint density at radius 2 is 1.78 bits per heavy atom. The topological polar surface area (TPSA) is 67.2 Å². The van der Waals surface area contributed by atoms with Crippen molar-refractivity contribution in [2.75, 3.05) is 18.4 Å². The normalized spacial score (nSPS) is 11.2. The molecule has 184 valence electrons. The van der Waals surface area contributed by atoms with E-state index in [1.54, 1.807) is 23.7 Å². The van der Waals surface area contributed by atoms with E-state index in [1.165, 1.54) is 39.0 Å². The Labute approximate surface area is 209 Å². The SMILES string of the molecule is C=CCN(CC(=O)Nc1nc(-c2ccccc2)cn1-c1ccc(C(F)(F)F)cc1)C(=O)c1cccs1. The molecule has 0 radical (unpaired) electrons. The molecule has 4 aromatic rings. The third-order valence-electron chi connectivity index (χ3n) is 5.20. The standard InChI is InChI=1S/C26H21F3N4O2S/c1-2-14-32(24(35)22-9-6-15-36-22)17-23(34)31-25-30-21(18-7-4-3-5-8-18)16-33(25)20-12-10-19(11-13-20)26(27,28)29/h2-13,15-16H,1,14,17H2,(H,30,31,34). The fourth-order valence-electron chi connectivity index (χ4n) is 3.49. The minimum absolute atomic E-state index is 0.112. The average Bonchev–Trinajstić information content (AvgIpc) is 3.54. The molecule has 2 aromatic carbocycles. The van der Waals surface area contributed by atoms with Crippen LogP contribution < -0.4 is 5.32 Å². The summed E-state index contributed by atoms with van der Waals surface area (Å²) in [5, 5.41) is 4.47. The van der Waals surface area contributed by atoms with E-state index in [9.17, 15) is 22.8 Å². The summed E-state index contributed by atoms with van der Waals surface area (Å²) >= 11 is 1.27. The number of nitrogens with zero attached hydrogens (tertiary/aromatic N) is 3. The summed E-state index contributed by atoms with van der Waals surface area (Å²) in [4.78, 5) is 32.1. The Balaban J connectivity index is 1.63. The predicted octanol–water partition coefficient (Wildman–Crippen LogP) is 5.89. The number of nitrogens with one attached hydrogen (secondary N) is 1. The van der Waals surface area contributed by atoms with Crippen molar-refractivity contribution in [3.05, 3.63) is 101 Å². The molecule has 36 heavy (non-hydrogen) atoms. The van der Waals surface area contributed by atoms with Gasteiger partial charge in [0.05, 0.1) is 16.1 Å². The van der Waals surface area contributed by atoms with Crippen molar-refractivity contribution >= 4 is 29.1 Å². The Hall–Kier alpha value is -4.18. The Bertz CT molecular complexity index is 1350. The summed E-state index contributed by atoms with van der Waals surface area (Å²) in [7, 11) is 0. The number of benzene rings is 2. The van der Waals surface area contributed by atoms with Gasteiger partial charge < -0.3 is 4.90 Å². The van der Waals surface area contributed by atoms with Crippen LogP contribution in [0.5, 0.6) is 0 Å². The second-order valence-corrected chi connectivity index (χ2v) is 8.68. The van der Waals surface area contributed by atoms with Gasteiger partial charge >= 0.3 is 6.18 Å². The third kappa shape index (κ3) is 5.72. The highest BCUT2D eigenvalue weighted by Gasteiger charge is 2.30. The number of carbonyl (C=O) groups is 2. The molecule has 1 N–H and O–H groups in total. The average molecular weight is 511 g/mol. The Kier molecular flexibility index (Phi) is 7.35. The quantitative estimate of drug-likeness (QED) is 0.301. The van der Waals surface area contributed by atoms with Gasteiger partial charge in [-0.15, -0.1) is 17.9 Å². The molecule has 0 bridgehead atoms. The molecule has 0 atom stereocenters. The summed E-state index contributed by atoms with van der Waals surface area (Å²) < 4.78 is 40.6. The maximum atomic E-state index is 13.0. The van der Waals surface area contributed by atoms with E-state index in [2.05, 4.69) is 16.9 Å². The van der Waals surface area contributed by atoms with Crippen LogP contribution in [0, 0.1) is 0 Å². The van der Waals surface area contributed by atoms with Gasteiger partial charge in [-0.1, -0.05) is 42.5 Å². The molecular formula is C26H21F3N4O2S. The molecule has 0 aliphatic carbocycles. The van der Waals surface area contributed by atoms with Crippen LogP contribution in [0.2, 0.25) is 0 Å². The van der Waals surface area contributed by atoms with Crippen molar-refractivity contribution in [2.24, 2.45) is 0 Å². The molecule has 6 nitrogen and oxygen atoms in total. The van der Waals surface area contributed by atoms with Crippen LogP contribution in [-0.2, 0) is 11.0 Å². The van der Waals surface area contributed by atoms with Gasteiger partial charge in [0, 0.05) is 24.0 Å². The summed E-state index contributed by atoms with van der Waals surface area (Å²) in [6.45, 7) is 3.55. The van der Waals surface area contributed by atoms with Crippen molar-refractivity contribution in [1.82, 2.24) is 14.5 Å². The van der Waals surface area contributed by atoms with E-state index >= 15 is 0 Å². The van der Waals surface area contributed by atoms with E-state index in [-0.39, 0.29) is 24.9 Å². The van der Waals surface area contributed by atoms with Crippen molar-refractivity contribution in [1.29, 1.82) is 0 Å². The molecule has 0 unspecified atom stereocenters. The van der Waals surface area contributed by atoms with Gasteiger partial charge in [-0.2, -0.15) is 13.2 Å². The number of aromatic nitrogens is 2. The number of halogens is 3. The molecule has 2 aromatic heterocycles. The maximum Gasteiger partial charge on any atom is 0.416 e. The predicted molar refractivity (Wildman–Crippen MR) is 133 cm³/mol. The number of rotatable bonds is 8. The zero-order valence-corrected chi connectivity index (χ0v) is 19.7. The van der Waals surface area contributed by atoms with Crippen LogP contribution in [0.3, 0.4) is 0 Å². The van der Waals surface area contributed by atoms with Crippen LogP contribution in [0.25, 0.3) is 16.9 Å². The third-order valence-corrected chi connectivity index (χ3v) is 6.06. The maximum absolute atomic E-state index is 13.0. The van der Waals surface area contributed by atoms with Crippen LogP contribution in [0.4, 0.5) is 19.1 Å². The zero-order valence-electron chi connectivity index (χ0n) is 18.9. The van der Waals surface area contributed by atoms with Gasteiger partial charge in [0.15, 0.2) is 0 Å². The Morgan fingerprint density at radius 1 is 1.06 bits per heavy atom. The van der Waals surface area contributed by atoms with Gasteiger partial charge in [-0.25, -0.2) is 4.98 Å². The first-order valence-corrected chi connectivity index (χ1v) is 11.7. The van der Waals surface area contributed by atoms with Crippen molar-refractivity contribution in [3.8, 4) is 16.9 Å². The van der Waals surface area contributed by atoms with E-state index in [4.69, 9.17) is 0 Å².